The number of carbonyl (C=O) groups is 1. The van der Waals surface area contributed by atoms with Crippen molar-refractivity contribution in [2.24, 2.45) is 4.99 Å². The van der Waals surface area contributed by atoms with E-state index < -0.39 is 0 Å². The van der Waals surface area contributed by atoms with Gasteiger partial charge in [-0.1, -0.05) is 127 Å². The van der Waals surface area contributed by atoms with Gasteiger partial charge in [0.05, 0.1) is 16.8 Å². The van der Waals surface area contributed by atoms with Crippen molar-refractivity contribution in [3.8, 4) is 0 Å². The van der Waals surface area contributed by atoms with Gasteiger partial charge in [0.1, 0.15) is 0 Å². The van der Waals surface area contributed by atoms with Crippen LogP contribution in [0.4, 0.5) is 0 Å². The summed E-state index contributed by atoms with van der Waals surface area (Å²) in [6.45, 7) is 3.95. The first-order chi connectivity index (χ1) is 28.0. The lowest BCUT2D eigenvalue weighted by Gasteiger charge is -2.11. The van der Waals surface area contributed by atoms with Gasteiger partial charge in [0.25, 0.3) is 0 Å². The van der Waals surface area contributed by atoms with E-state index in [-0.39, 0.29) is 5.78 Å². The lowest BCUT2D eigenvalue weighted by molar-refractivity contribution is -0.110. The molecular weight excluding hydrogens is 697 g/mol. The molecule has 0 atom stereocenters. The number of ketones is 1. The van der Waals surface area contributed by atoms with Crippen LogP contribution in [0.5, 0.6) is 0 Å². The predicted octanol–water partition coefficient (Wildman–Crippen LogP) is 7.77. The minimum Gasteiger partial charge on any atom is -0.354 e. The molecule has 0 spiro atoms. The molecule has 10 rings (SSSR count). The molecule has 0 amide bonds. The summed E-state index contributed by atoms with van der Waals surface area (Å²) in [5, 5.41) is 3.57. The Labute approximate surface area is 330 Å². The number of nitrogens with zero attached hydrogens (tertiary/aromatic N) is 1. The van der Waals surface area contributed by atoms with E-state index >= 15 is 0 Å². The van der Waals surface area contributed by atoms with Gasteiger partial charge in [-0.25, -0.2) is 4.99 Å². The Morgan fingerprint density at radius 1 is 0.474 bits per heavy atom. The van der Waals surface area contributed by atoms with Gasteiger partial charge < -0.3 is 15.0 Å². The van der Waals surface area contributed by atoms with Crippen molar-refractivity contribution in [2.45, 2.75) is 13.8 Å². The maximum absolute atomic E-state index is 14.2. The first-order valence-electron chi connectivity index (χ1n) is 19.3. The number of aromatic amines is 3. The molecule has 4 aromatic carbocycles. The van der Waals surface area contributed by atoms with Crippen LogP contribution >= 0.6 is 0 Å². The topological polar surface area (TPSA) is 76.8 Å². The van der Waals surface area contributed by atoms with E-state index in [0.717, 1.165) is 99.9 Å². The zero-order valence-electron chi connectivity index (χ0n) is 31.6. The number of allylic oxidation sites excluding steroid dienone is 6. The summed E-state index contributed by atoms with van der Waals surface area (Å²) >= 11 is 0. The summed E-state index contributed by atoms with van der Waals surface area (Å²) in [5.41, 5.74) is 15.0. The molecule has 7 aromatic rings. The molecule has 3 aromatic heterocycles. The van der Waals surface area contributed by atoms with Crippen LogP contribution in [0.2, 0.25) is 0 Å². The van der Waals surface area contributed by atoms with E-state index in [0.29, 0.717) is 11.1 Å². The SMILES string of the molecule is CC1=C/C(=c2/cc3[nH]/c2=C(/c2ccccc2)C2=NC(=C(c4ccccc4)c4ccc([nH]4)/C(c4ccccc4)=c4/cc/c([nH]4)=C/3c3ccccc3)C=C2)C(=O)C(C)=C1. The number of aromatic nitrogens is 3. The Morgan fingerprint density at radius 2 is 0.982 bits per heavy atom. The smallest absolute Gasteiger partial charge is 0.189 e. The van der Waals surface area contributed by atoms with Crippen LogP contribution in [0.25, 0.3) is 27.9 Å². The van der Waals surface area contributed by atoms with Gasteiger partial charge in [0, 0.05) is 60.9 Å². The lowest BCUT2D eigenvalue weighted by atomic mass is 9.92. The van der Waals surface area contributed by atoms with Crippen LogP contribution in [0.15, 0.2) is 198 Å². The Bertz CT molecular complexity index is 3160. The number of benzene rings is 4. The van der Waals surface area contributed by atoms with Crippen molar-refractivity contribution in [1.29, 1.82) is 0 Å². The molecule has 3 aliphatic rings. The van der Waals surface area contributed by atoms with Crippen molar-refractivity contribution >= 4 is 39.4 Å². The molecule has 8 bridgehead atoms. The molecule has 5 heterocycles. The zero-order chi connectivity index (χ0) is 38.5. The number of rotatable bonds is 4. The monoisotopic (exact) mass is 734 g/mol. The van der Waals surface area contributed by atoms with Crippen LogP contribution in [-0.4, -0.2) is 26.4 Å². The number of Topliss-reactive ketones (excluding diaryl/α,β-unsaturated/α-hetero) is 1. The number of nitrogens with one attached hydrogen (secondary N) is 3. The second kappa shape index (κ2) is 14.0. The molecule has 3 N–H and O–H groups in total. The van der Waals surface area contributed by atoms with Crippen LogP contribution in [0, 0.1) is 0 Å². The van der Waals surface area contributed by atoms with Gasteiger partial charge in [0.2, 0.25) is 0 Å². The summed E-state index contributed by atoms with van der Waals surface area (Å²) in [4.78, 5) is 31.3. The highest BCUT2D eigenvalue weighted by Gasteiger charge is 2.24. The number of fused-ring (bicyclic) bond motifs is 7. The molecular formula is C52H38N4O. The second-order valence-electron chi connectivity index (χ2n) is 14.7. The van der Waals surface area contributed by atoms with Crippen LogP contribution in [0.3, 0.4) is 0 Å². The fraction of sp³-hybridized carbons (Fsp3) is 0.0385. The summed E-state index contributed by atoms with van der Waals surface area (Å²) in [6, 6.07) is 52.5. The standard InChI is InChI=1S/C52H38N4O/c1-32-29-33(2)52(57)39(30-32)38-31-46-49(36-19-11-5-12-20-36)44-26-25-42(54-44)47(34-15-7-3-8-16-34)40-23-24-41(53-40)48(35-17-9-4-10-18-35)43-27-28-45(55-43)50(51(38)56-46)37-21-13-6-14-22-37/h3-31,53-54,56H,1-2H3/b39-38+,47-42-,48-43?,49-44-,51-50-. The third-order valence-corrected chi connectivity index (χ3v) is 10.9. The molecule has 272 valence electrons. The fourth-order valence-electron chi connectivity index (χ4n) is 8.36. The Balaban J connectivity index is 1.43. The van der Waals surface area contributed by atoms with Gasteiger partial charge >= 0.3 is 0 Å². The lowest BCUT2D eigenvalue weighted by Crippen LogP contribution is -2.32. The zero-order valence-corrected chi connectivity index (χ0v) is 31.6. The Morgan fingerprint density at radius 3 is 1.56 bits per heavy atom. The van der Waals surface area contributed by atoms with E-state index in [2.05, 4.69) is 154 Å². The van der Waals surface area contributed by atoms with E-state index in [1.807, 2.05) is 50.3 Å². The largest absolute Gasteiger partial charge is 0.354 e. The summed E-state index contributed by atoms with van der Waals surface area (Å²) in [7, 11) is 0. The Kier molecular flexibility index (Phi) is 8.34. The first-order valence-corrected chi connectivity index (χ1v) is 19.3. The Hall–Kier alpha value is -7.50. The van der Waals surface area contributed by atoms with E-state index in [1.165, 1.54) is 0 Å². The number of carbonyl (C=O) groups excluding carboxylic acids is 1. The molecule has 5 nitrogen and oxygen atoms in total. The number of aliphatic imine (C=N–C) groups is 1. The van der Waals surface area contributed by atoms with Crippen molar-refractivity contribution < 1.29 is 4.79 Å². The molecule has 0 unspecified atom stereocenters. The molecule has 0 fully saturated rings. The van der Waals surface area contributed by atoms with E-state index in [4.69, 9.17) is 4.99 Å². The minimum atomic E-state index is 0.00869. The summed E-state index contributed by atoms with van der Waals surface area (Å²) in [5.74, 6) is 0.00869. The quantitative estimate of drug-likeness (QED) is 0.170. The summed E-state index contributed by atoms with van der Waals surface area (Å²) in [6.07, 6.45) is 8.19. The highest BCUT2D eigenvalue weighted by molar-refractivity contribution is 6.31. The molecule has 0 radical (unpaired) electrons. The summed E-state index contributed by atoms with van der Waals surface area (Å²) < 4.78 is 0. The number of hydrogen-bond donors (Lipinski definition) is 3. The van der Waals surface area contributed by atoms with Crippen molar-refractivity contribution in [3.05, 3.63) is 253 Å². The van der Waals surface area contributed by atoms with Gasteiger partial charge in [-0.05, 0) is 95.8 Å². The van der Waals surface area contributed by atoms with Gasteiger partial charge in [0.15, 0.2) is 5.78 Å². The normalized spacial score (nSPS) is 19.1. The average Bonchev–Trinajstić information content (AvgIpc) is 4.08. The number of H-pyrrole nitrogens is 3. The predicted molar refractivity (Wildman–Crippen MR) is 231 cm³/mol. The molecule has 1 aliphatic carbocycles. The van der Waals surface area contributed by atoms with E-state index in [1.54, 1.807) is 0 Å². The molecule has 0 saturated carbocycles. The van der Waals surface area contributed by atoms with Crippen molar-refractivity contribution in [1.82, 2.24) is 15.0 Å². The maximum atomic E-state index is 14.2. The maximum Gasteiger partial charge on any atom is 0.189 e. The highest BCUT2D eigenvalue weighted by Crippen LogP contribution is 2.33. The molecule has 2 aliphatic heterocycles. The third-order valence-electron chi connectivity index (χ3n) is 10.9. The van der Waals surface area contributed by atoms with Gasteiger partial charge in [-0.2, -0.15) is 0 Å². The minimum absolute atomic E-state index is 0.00869. The van der Waals surface area contributed by atoms with Crippen LogP contribution in [0.1, 0.15) is 53.2 Å². The van der Waals surface area contributed by atoms with Crippen molar-refractivity contribution in [3.63, 3.8) is 0 Å². The highest BCUT2D eigenvalue weighted by atomic mass is 16.1. The van der Waals surface area contributed by atoms with Gasteiger partial charge in [-0.15, -0.1) is 0 Å². The fourth-order valence-corrected chi connectivity index (χ4v) is 8.36. The van der Waals surface area contributed by atoms with Crippen LogP contribution < -0.4 is 21.3 Å². The molecule has 0 saturated heterocycles. The van der Waals surface area contributed by atoms with Crippen molar-refractivity contribution in [2.75, 3.05) is 0 Å². The van der Waals surface area contributed by atoms with Gasteiger partial charge in [-0.3, -0.25) is 4.79 Å². The van der Waals surface area contributed by atoms with E-state index in [9.17, 15) is 4.79 Å². The third kappa shape index (κ3) is 6.06. The number of hydrogen-bond acceptors (Lipinski definition) is 2. The first kappa shape index (κ1) is 34.0. The van der Waals surface area contributed by atoms with Crippen LogP contribution in [-0.2, 0) is 4.79 Å². The second-order valence-corrected chi connectivity index (χ2v) is 14.7. The average molecular weight is 735 g/mol. The molecule has 5 heteroatoms. The molecule has 57 heavy (non-hydrogen) atoms.